The molecule has 0 radical (unpaired) electrons. The molecule has 0 bridgehead atoms. The lowest BCUT2D eigenvalue weighted by molar-refractivity contribution is -0.134. The molecule has 158 valence electrons. The van der Waals surface area contributed by atoms with E-state index in [0.717, 1.165) is 44.0 Å². The molecule has 1 fully saturated rings. The molecule has 2 aromatic rings. The summed E-state index contributed by atoms with van der Waals surface area (Å²) in [4.78, 5) is 30.3. The molecule has 4 rings (SSSR count). The van der Waals surface area contributed by atoms with E-state index < -0.39 is 11.6 Å². The minimum Gasteiger partial charge on any atom is -0.445 e. The van der Waals surface area contributed by atoms with Gasteiger partial charge >= 0.3 is 5.97 Å². The van der Waals surface area contributed by atoms with Crippen LogP contribution in [0.4, 0.5) is 11.4 Å². The Hall–Kier alpha value is -2.57. The van der Waals surface area contributed by atoms with Gasteiger partial charge in [-0.1, -0.05) is 36.7 Å². The number of rotatable bonds is 4. The summed E-state index contributed by atoms with van der Waals surface area (Å²) in [6.45, 7) is 8.53. The van der Waals surface area contributed by atoms with Gasteiger partial charge in [-0.15, -0.1) is 0 Å². The Balaban J connectivity index is 1.56. The minimum absolute atomic E-state index is 0.325. The van der Waals surface area contributed by atoms with Crippen molar-refractivity contribution in [2.45, 2.75) is 25.9 Å². The van der Waals surface area contributed by atoms with Gasteiger partial charge in [0.05, 0.1) is 16.9 Å². The van der Waals surface area contributed by atoms with E-state index in [9.17, 15) is 9.59 Å². The lowest BCUT2D eigenvalue weighted by Crippen LogP contribution is -2.49. The van der Waals surface area contributed by atoms with Gasteiger partial charge in [0.1, 0.15) is 0 Å². The van der Waals surface area contributed by atoms with Crippen molar-refractivity contribution in [2.75, 3.05) is 42.9 Å². The van der Waals surface area contributed by atoms with Gasteiger partial charge in [-0.25, -0.2) is 4.79 Å². The number of halogens is 1. The highest BCUT2D eigenvalue weighted by Gasteiger charge is 2.43. The highest BCUT2D eigenvalue weighted by Crippen LogP contribution is 2.33. The number of amides is 1. The number of carbonyl (C=O) groups is 2. The molecular weight excluding hydrogens is 402 g/mol. The second-order valence-electron chi connectivity index (χ2n) is 7.99. The molecule has 30 heavy (non-hydrogen) atoms. The average molecular weight is 428 g/mol. The molecule has 0 spiro atoms. The molecule has 1 N–H and O–H groups in total. The van der Waals surface area contributed by atoms with Crippen LogP contribution in [0.15, 0.2) is 42.5 Å². The van der Waals surface area contributed by atoms with Gasteiger partial charge in [-0.2, -0.15) is 0 Å². The Morgan fingerprint density at radius 1 is 1.17 bits per heavy atom. The van der Waals surface area contributed by atoms with Crippen molar-refractivity contribution < 1.29 is 14.3 Å². The zero-order valence-electron chi connectivity index (χ0n) is 17.3. The number of carbonyl (C=O) groups excluding carboxylic acids is 2. The predicted octanol–water partition coefficient (Wildman–Crippen LogP) is 3.59. The fraction of sp³-hybridized carbons (Fsp3) is 0.391. The molecule has 2 aliphatic rings. The fourth-order valence-corrected chi connectivity index (χ4v) is 4.28. The van der Waals surface area contributed by atoms with Crippen molar-refractivity contribution in [3.63, 3.8) is 0 Å². The van der Waals surface area contributed by atoms with Crippen molar-refractivity contribution in [3.05, 3.63) is 58.6 Å². The molecule has 6 nitrogen and oxygen atoms in total. The van der Waals surface area contributed by atoms with Crippen LogP contribution < -0.4 is 10.2 Å². The number of benzene rings is 2. The number of likely N-dealkylation sites (N-methyl/N-ethyl adjacent to an activating group) is 1. The summed E-state index contributed by atoms with van der Waals surface area (Å²) in [7, 11) is 0. The molecule has 0 saturated carbocycles. The zero-order chi connectivity index (χ0) is 21.3. The third-order valence-corrected chi connectivity index (χ3v) is 6.17. The molecule has 1 amide bonds. The van der Waals surface area contributed by atoms with E-state index in [-0.39, 0.29) is 5.91 Å². The normalized spacial score (nSPS) is 21.7. The van der Waals surface area contributed by atoms with Gasteiger partial charge in [0.2, 0.25) is 0 Å². The van der Waals surface area contributed by atoms with Gasteiger partial charge < -0.3 is 19.9 Å². The molecule has 0 aliphatic carbocycles. The van der Waals surface area contributed by atoms with Crippen molar-refractivity contribution >= 4 is 34.9 Å². The van der Waals surface area contributed by atoms with E-state index >= 15 is 0 Å². The van der Waals surface area contributed by atoms with Gasteiger partial charge in [0.25, 0.3) is 5.91 Å². The number of nitrogens with zero attached hydrogens (tertiary/aromatic N) is 2. The van der Waals surface area contributed by atoms with Gasteiger partial charge in [0, 0.05) is 37.6 Å². The van der Waals surface area contributed by atoms with Crippen LogP contribution in [0.1, 0.15) is 29.8 Å². The van der Waals surface area contributed by atoms with Crippen LogP contribution in [0.5, 0.6) is 0 Å². The number of fused-ring (bicyclic) bond motifs is 1. The Morgan fingerprint density at radius 2 is 1.90 bits per heavy atom. The first-order valence-electron chi connectivity index (χ1n) is 10.3. The first-order chi connectivity index (χ1) is 14.4. The lowest BCUT2D eigenvalue weighted by atomic mass is 9.89. The molecule has 1 unspecified atom stereocenters. The number of piperazine rings is 1. The Kier molecular flexibility index (Phi) is 5.71. The van der Waals surface area contributed by atoms with E-state index in [2.05, 4.69) is 22.0 Å². The van der Waals surface area contributed by atoms with Gasteiger partial charge in [-0.3, -0.25) is 4.79 Å². The smallest absolute Gasteiger partial charge is 0.339 e. The maximum atomic E-state index is 13.2. The average Bonchev–Trinajstić information content (AvgIpc) is 2.74. The number of cyclic esters (lactones) is 1. The molecule has 2 heterocycles. The topological polar surface area (TPSA) is 61.9 Å². The number of hydrogen-bond donors (Lipinski definition) is 1. The lowest BCUT2D eigenvalue weighted by Gasteiger charge is -2.37. The van der Waals surface area contributed by atoms with Crippen LogP contribution in [-0.2, 0) is 16.0 Å². The highest BCUT2D eigenvalue weighted by molar-refractivity contribution is 6.31. The van der Waals surface area contributed by atoms with E-state index in [1.54, 1.807) is 25.1 Å². The number of esters is 1. The first-order valence-corrected chi connectivity index (χ1v) is 10.7. The molecule has 2 aromatic carbocycles. The second kappa shape index (κ2) is 8.28. The Bertz CT molecular complexity index is 972. The third kappa shape index (κ3) is 4.02. The summed E-state index contributed by atoms with van der Waals surface area (Å²) < 4.78 is 5.57. The summed E-state index contributed by atoms with van der Waals surface area (Å²) in [6.07, 6.45) is 0.325. The van der Waals surface area contributed by atoms with E-state index in [0.29, 0.717) is 22.7 Å². The van der Waals surface area contributed by atoms with Crippen molar-refractivity contribution in [1.29, 1.82) is 0 Å². The summed E-state index contributed by atoms with van der Waals surface area (Å²) in [5.41, 5.74) is 1.60. The molecule has 1 saturated heterocycles. The van der Waals surface area contributed by atoms with E-state index in [1.807, 2.05) is 24.3 Å². The number of nitrogens with one attached hydrogen (secondary N) is 1. The highest BCUT2D eigenvalue weighted by atomic mass is 35.5. The number of hydrogen-bond acceptors (Lipinski definition) is 5. The van der Waals surface area contributed by atoms with E-state index in [1.165, 1.54) is 0 Å². The standard InChI is InChI=1S/C23H26ClN3O3/c1-3-26-10-12-27(13-11-26)20-9-8-17(24)14-19(20)25-22(29)23(2)15-16-6-4-5-7-18(16)21(28)30-23/h4-9,14H,3,10-13,15H2,1-2H3,(H,25,29). The van der Waals surface area contributed by atoms with Crippen LogP contribution in [-0.4, -0.2) is 55.1 Å². The quantitative estimate of drug-likeness (QED) is 0.755. The van der Waals surface area contributed by atoms with Crippen LogP contribution in [0.25, 0.3) is 0 Å². The third-order valence-electron chi connectivity index (χ3n) is 5.93. The Labute approximate surface area is 181 Å². The Morgan fingerprint density at radius 3 is 2.63 bits per heavy atom. The first kappa shape index (κ1) is 20.7. The zero-order valence-corrected chi connectivity index (χ0v) is 18.0. The number of anilines is 2. The maximum absolute atomic E-state index is 13.2. The van der Waals surface area contributed by atoms with Crippen molar-refractivity contribution in [2.24, 2.45) is 0 Å². The van der Waals surface area contributed by atoms with Crippen LogP contribution in [0.3, 0.4) is 0 Å². The largest absolute Gasteiger partial charge is 0.445 e. The maximum Gasteiger partial charge on any atom is 0.339 e. The molecular formula is C23H26ClN3O3. The predicted molar refractivity (Wildman–Crippen MR) is 118 cm³/mol. The van der Waals surface area contributed by atoms with Crippen molar-refractivity contribution in [3.8, 4) is 0 Å². The summed E-state index contributed by atoms with van der Waals surface area (Å²) >= 11 is 6.23. The molecule has 2 aliphatic heterocycles. The van der Waals surface area contributed by atoms with E-state index in [4.69, 9.17) is 16.3 Å². The number of ether oxygens (including phenoxy) is 1. The van der Waals surface area contributed by atoms with Crippen LogP contribution in [0.2, 0.25) is 5.02 Å². The summed E-state index contributed by atoms with van der Waals surface area (Å²) in [6, 6.07) is 12.8. The second-order valence-corrected chi connectivity index (χ2v) is 8.43. The SMILES string of the molecule is CCN1CCN(c2ccc(Cl)cc2NC(=O)C2(C)Cc3ccccc3C(=O)O2)CC1. The molecule has 1 atom stereocenters. The molecule has 0 aromatic heterocycles. The summed E-state index contributed by atoms with van der Waals surface area (Å²) in [5, 5.41) is 3.52. The van der Waals surface area contributed by atoms with Gasteiger partial charge in [-0.05, 0) is 43.3 Å². The van der Waals surface area contributed by atoms with Crippen LogP contribution in [0, 0.1) is 0 Å². The van der Waals surface area contributed by atoms with Crippen LogP contribution >= 0.6 is 11.6 Å². The molecule has 7 heteroatoms. The monoisotopic (exact) mass is 427 g/mol. The van der Waals surface area contributed by atoms with Crippen molar-refractivity contribution in [1.82, 2.24) is 4.90 Å². The summed E-state index contributed by atoms with van der Waals surface area (Å²) in [5.74, 6) is -0.836. The van der Waals surface area contributed by atoms with Gasteiger partial charge in [0.15, 0.2) is 5.60 Å². The minimum atomic E-state index is -1.29. The fourth-order valence-electron chi connectivity index (χ4n) is 4.10.